The molecule has 0 aliphatic carbocycles. The van der Waals surface area contributed by atoms with Crippen LogP contribution in [0.5, 0.6) is 0 Å². The van der Waals surface area contributed by atoms with Gasteiger partial charge in [0.15, 0.2) is 24.6 Å². The number of fused-ring (bicyclic) bond motifs is 1. The van der Waals surface area contributed by atoms with E-state index in [-0.39, 0.29) is 24.5 Å². The molecule has 5 atom stereocenters. The predicted octanol–water partition coefficient (Wildman–Crippen LogP) is 2.52. The molecule has 1 saturated heterocycles. The van der Waals surface area contributed by atoms with E-state index in [2.05, 4.69) is 0 Å². The van der Waals surface area contributed by atoms with Crippen molar-refractivity contribution in [3.8, 4) is 0 Å². The monoisotopic (exact) mass is 631 g/mol. The maximum absolute atomic E-state index is 13.5. The van der Waals surface area contributed by atoms with Gasteiger partial charge in [0.1, 0.15) is 12.7 Å². The van der Waals surface area contributed by atoms with Crippen molar-refractivity contribution < 1.29 is 56.0 Å². The van der Waals surface area contributed by atoms with Gasteiger partial charge in [0.25, 0.3) is 10.0 Å². The molecule has 0 saturated carbocycles. The minimum absolute atomic E-state index is 0.0624. The Bertz CT molecular complexity index is 1620. The highest BCUT2D eigenvalue weighted by atomic mass is 32.2. The third-order valence-electron chi connectivity index (χ3n) is 6.66. The summed E-state index contributed by atoms with van der Waals surface area (Å²) in [6.45, 7) is 4.12. The van der Waals surface area contributed by atoms with Gasteiger partial charge in [-0.15, -0.1) is 0 Å². The van der Waals surface area contributed by atoms with E-state index < -0.39 is 64.6 Å². The van der Waals surface area contributed by atoms with Crippen LogP contribution in [0.15, 0.2) is 65.7 Å². The van der Waals surface area contributed by atoms with Crippen LogP contribution in [-0.4, -0.2) is 80.2 Å². The molecule has 0 bridgehead atoms. The molecule has 1 aliphatic rings. The average Bonchev–Trinajstić information content (AvgIpc) is 3.34. The summed E-state index contributed by atoms with van der Waals surface area (Å²) in [5.74, 6) is -2.89. The highest BCUT2D eigenvalue weighted by molar-refractivity contribution is 7.90. The van der Waals surface area contributed by atoms with Crippen molar-refractivity contribution in [3.63, 3.8) is 0 Å². The molecule has 4 rings (SSSR count). The van der Waals surface area contributed by atoms with E-state index in [1.807, 2.05) is 0 Å². The van der Waals surface area contributed by atoms with E-state index in [9.17, 15) is 27.6 Å². The van der Waals surface area contributed by atoms with Crippen molar-refractivity contribution in [2.24, 2.45) is 0 Å². The Morgan fingerprint density at radius 2 is 1.36 bits per heavy atom. The van der Waals surface area contributed by atoms with Crippen LogP contribution in [0.4, 0.5) is 0 Å². The van der Waals surface area contributed by atoms with Crippen molar-refractivity contribution in [1.82, 2.24) is 3.97 Å². The quantitative estimate of drug-likeness (QED) is 0.225. The molecule has 13 nitrogen and oxygen atoms in total. The number of hydrogen-bond acceptors (Lipinski definition) is 12. The molecule has 3 aromatic rings. The highest BCUT2D eigenvalue weighted by Crippen LogP contribution is 2.31. The Balaban J connectivity index is 1.62. The van der Waals surface area contributed by atoms with Crippen LogP contribution in [0.3, 0.4) is 0 Å². The Morgan fingerprint density at radius 3 is 2.00 bits per heavy atom. The van der Waals surface area contributed by atoms with Crippen LogP contribution in [0.2, 0.25) is 0 Å². The lowest BCUT2D eigenvalue weighted by Crippen LogP contribution is -2.63. The number of para-hydroxylation sites is 1. The van der Waals surface area contributed by atoms with Crippen molar-refractivity contribution in [2.75, 3.05) is 13.2 Å². The minimum atomic E-state index is -3.91. The predicted molar refractivity (Wildman–Crippen MR) is 153 cm³/mol. The second-order valence-electron chi connectivity index (χ2n) is 9.97. The largest absolute Gasteiger partial charge is 0.463 e. The van der Waals surface area contributed by atoms with Crippen LogP contribution in [0.1, 0.15) is 33.3 Å². The van der Waals surface area contributed by atoms with Crippen LogP contribution in [-0.2, 0) is 64.0 Å². The van der Waals surface area contributed by atoms with Crippen LogP contribution in [0.25, 0.3) is 10.9 Å². The Labute approximate surface area is 254 Å². The molecular formula is C30H33NO12S. The highest BCUT2D eigenvalue weighted by Gasteiger charge is 2.52. The van der Waals surface area contributed by atoms with Gasteiger partial charge in [0, 0.05) is 39.3 Å². The van der Waals surface area contributed by atoms with E-state index in [1.54, 1.807) is 42.5 Å². The number of carbonyl (C=O) groups is 4. The van der Waals surface area contributed by atoms with Crippen molar-refractivity contribution in [2.45, 2.75) is 69.7 Å². The van der Waals surface area contributed by atoms with Crippen LogP contribution >= 0.6 is 0 Å². The number of rotatable bonds is 11. The maximum Gasteiger partial charge on any atom is 0.303 e. The second kappa shape index (κ2) is 14.0. The molecule has 0 radical (unpaired) electrons. The van der Waals surface area contributed by atoms with Gasteiger partial charge in [-0.2, -0.15) is 0 Å². The average molecular weight is 632 g/mol. The molecule has 14 heteroatoms. The Morgan fingerprint density at radius 1 is 0.773 bits per heavy atom. The number of benzene rings is 2. The van der Waals surface area contributed by atoms with Gasteiger partial charge in [0.2, 0.25) is 0 Å². The van der Waals surface area contributed by atoms with E-state index in [0.717, 1.165) is 20.8 Å². The molecule has 0 spiro atoms. The van der Waals surface area contributed by atoms with Gasteiger partial charge in [-0.1, -0.05) is 36.4 Å². The zero-order chi connectivity index (χ0) is 32.0. The molecule has 1 aromatic heterocycles. The maximum atomic E-state index is 13.5. The lowest BCUT2D eigenvalue weighted by atomic mass is 9.98. The first kappa shape index (κ1) is 32.6. The summed E-state index contributed by atoms with van der Waals surface area (Å²) in [4.78, 5) is 47.7. The number of hydrogen-bond donors (Lipinski definition) is 0. The summed E-state index contributed by atoms with van der Waals surface area (Å²) in [6.07, 6.45) is -4.82. The topological polar surface area (TPSA) is 163 Å². The van der Waals surface area contributed by atoms with Crippen molar-refractivity contribution >= 4 is 44.8 Å². The second-order valence-corrected chi connectivity index (χ2v) is 11.8. The molecule has 0 unspecified atom stereocenters. The Kier molecular flexibility index (Phi) is 10.4. The zero-order valence-electron chi connectivity index (χ0n) is 24.5. The first-order valence-corrected chi connectivity index (χ1v) is 15.1. The third-order valence-corrected chi connectivity index (χ3v) is 8.35. The number of esters is 4. The van der Waals surface area contributed by atoms with Gasteiger partial charge in [-0.25, -0.2) is 12.4 Å². The summed E-state index contributed by atoms with van der Waals surface area (Å²) < 4.78 is 61.4. The van der Waals surface area contributed by atoms with Gasteiger partial charge >= 0.3 is 23.9 Å². The fraction of sp³-hybridized carbons (Fsp3) is 0.400. The smallest absolute Gasteiger partial charge is 0.303 e. The molecule has 2 heterocycles. The summed E-state index contributed by atoms with van der Waals surface area (Å²) >= 11 is 0. The lowest BCUT2D eigenvalue weighted by Gasteiger charge is -2.44. The number of aromatic nitrogens is 1. The normalized spacial score (nSPS) is 21.8. The van der Waals surface area contributed by atoms with Crippen LogP contribution in [0, 0.1) is 0 Å². The summed E-state index contributed by atoms with van der Waals surface area (Å²) in [5, 5.41) is 0.678. The molecule has 236 valence electrons. The molecule has 1 aliphatic heterocycles. The fourth-order valence-corrected chi connectivity index (χ4v) is 6.34. The van der Waals surface area contributed by atoms with Crippen molar-refractivity contribution in [3.05, 3.63) is 66.4 Å². The molecule has 2 aromatic carbocycles. The van der Waals surface area contributed by atoms with Crippen LogP contribution < -0.4 is 0 Å². The standard InChI is InChI=1S/C30H33NO12S/c1-18(32)39-17-26-27(40-19(2)33)28(41-20(3)34)29(42-21(4)35)30(43-26)38-15-14-22-16-31(25-13-9-8-12-24(22)25)44(36,37)23-10-6-5-7-11-23/h5-13,16,26-30H,14-15,17H2,1-4H3/t26-,27-,28+,29-,30-/m1/s1. The summed E-state index contributed by atoms with van der Waals surface area (Å²) in [6, 6.07) is 15.0. The first-order chi connectivity index (χ1) is 20.9. The minimum Gasteiger partial charge on any atom is -0.463 e. The van der Waals surface area contributed by atoms with E-state index >= 15 is 0 Å². The van der Waals surface area contributed by atoms with Gasteiger partial charge < -0.3 is 28.4 Å². The summed E-state index contributed by atoms with van der Waals surface area (Å²) in [5.41, 5.74) is 1.12. The number of ether oxygens (including phenoxy) is 6. The summed E-state index contributed by atoms with van der Waals surface area (Å²) in [7, 11) is -3.91. The molecular weight excluding hydrogens is 598 g/mol. The van der Waals surface area contributed by atoms with E-state index in [0.29, 0.717) is 16.5 Å². The van der Waals surface area contributed by atoms with Gasteiger partial charge in [-0.05, 0) is 30.2 Å². The first-order valence-electron chi connectivity index (χ1n) is 13.7. The SMILES string of the molecule is CC(=O)OC[C@H]1O[C@@H](OCCc2cn(S(=O)(=O)c3ccccc3)c3ccccc23)[C@H](OC(C)=O)[C@@H](OC(C)=O)[C@@H]1OC(C)=O. The molecule has 44 heavy (non-hydrogen) atoms. The van der Waals surface area contributed by atoms with E-state index in [1.165, 1.54) is 29.2 Å². The van der Waals surface area contributed by atoms with Gasteiger partial charge in [0.05, 0.1) is 17.0 Å². The number of nitrogens with zero attached hydrogens (tertiary/aromatic N) is 1. The van der Waals surface area contributed by atoms with Crippen molar-refractivity contribution in [1.29, 1.82) is 0 Å². The fourth-order valence-electron chi connectivity index (χ4n) is 4.93. The van der Waals surface area contributed by atoms with E-state index in [4.69, 9.17) is 28.4 Å². The zero-order valence-corrected chi connectivity index (χ0v) is 25.4. The van der Waals surface area contributed by atoms with Gasteiger partial charge in [-0.3, -0.25) is 19.2 Å². The molecule has 0 amide bonds. The molecule has 0 N–H and O–H groups in total. The Hall–Kier alpha value is -4.27. The third kappa shape index (κ3) is 7.62. The number of carbonyl (C=O) groups excluding carboxylic acids is 4. The lowest BCUT2D eigenvalue weighted by molar-refractivity contribution is -0.307. The molecule has 1 fully saturated rings.